The number of anilines is 2. The largest absolute Gasteiger partial charge is 0.395 e. The molecule has 0 amide bonds. The van der Waals surface area contributed by atoms with E-state index in [1.807, 2.05) is 7.05 Å². The van der Waals surface area contributed by atoms with Crippen LogP contribution in [0.5, 0.6) is 0 Å². The molecule has 3 rings (SSSR count). The number of nitrogens with one attached hydrogen (secondary N) is 2. The maximum absolute atomic E-state index is 14.8. The Hall–Kier alpha value is -1.46. The van der Waals surface area contributed by atoms with Crippen molar-refractivity contribution in [1.82, 2.24) is 9.88 Å². The summed E-state index contributed by atoms with van der Waals surface area (Å²) in [6.07, 6.45) is 3.95. The van der Waals surface area contributed by atoms with Crippen molar-refractivity contribution in [1.29, 1.82) is 0 Å². The minimum Gasteiger partial charge on any atom is -0.395 e. The first-order chi connectivity index (χ1) is 14.2. The predicted molar refractivity (Wildman–Crippen MR) is 118 cm³/mol. The van der Waals surface area contributed by atoms with Gasteiger partial charge in [0.25, 0.3) is 10.0 Å². The first-order valence-electron chi connectivity index (χ1n) is 9.73. The minimum atomic E-state index is -4.16. The predicted octanol–water partition coefficient (Wildman–Crippen LogP) is 3.69. The highest BCUT2D eigenvalue weighted by atomic mass is 35.5. The van der Waals surface area contributed by atoms with Gasteiger partial charge < -0.3 is 10.4 Å². The van der Waals surface area contributed by atoms with Gasteiger partial charge in [0.15, 0.2) is 5.13 Å². The summed E-state index contributed by atoms with van der Waals surface area (Å²) in [5.74, 6) is -0.890. The summed E-state index contributed by atoms with van der Waals surface area (Å²) in [6.45, 7) is 2.35. The molecule has 1 fully saturated rings. The van der Waals surface area contributed by atoms with E-state index in [0.29, 0.717) is 17.9 Å². The molecule has 1 heterocycles. The first kappa shape index (κ1) is 23.2. The number of likely N-dealkylation sites (N-methyl/N-ethyl adjacent to an activating group) is 1. The van der Waals surface area contributed by atoms with Crippen molar-refractivity contribution < 1.29 is 17.9 Å². The van der Waals surface area contributed by atoms with Crippen LogP contribution in [0.4, 0.5) is 15.2 Å². The van der Waals surface area contributed by atoms with Gasteiger partial charge in [-0.05, 0) is 38.9 Å². The second-order valence-corrected chi connectivity index (χ2v) is 10.4. The lowest BCUT2D eigenvalue weighted by Crippen LogP contribution is -2.48. The summed E-state index contributed by atoms with van der Waals surface area (Å²) in [6, 6.07) is 2.44. The molecule has 0 saturated heterocycles. The Balaban J connectivity index is 1.81. The van der Waals surface area contributed by atoms with Gasteiger partial charge in [-0.1, -0.05) is 24.4 Å². The molecule has 30 heavy (non-hydrogen) atoms. The van der Waals surface area contributed by atoms with E-state index in [2.05, 4.69) is 19.9 Å². The topological polar surface area (TPSA) is 94.6 Å². The lowest BCUT2D eigenvalue weighted by atomic mass is 9.89. The van der Waals surface area contributed by atoms with Crippen LogP contribution in [0.1, 0.15) is 31.4 Å². The van der Waals surface area contributed by atoms with Crippen LogP contribution in [0, 0.1) is 12.7 Å². The maximum atomic E-state index is 14.8. The van der Waals surface area contributed by atoms with Gasteiger partial charge in [0, 0.05) is 24.0 Å². The number of hydrogen-bond donors (Lipinski definition) is 3. The number of thiazole rings is 1. The Labute approximate surface area is 185 Å². The summed E-state index contributed by atoms with van der Waals surface area (Å²) < 4.78 is 42.3. The third kappa shape index (κ3) is 5.42. The fourth-order valence-electron chi connectivity index (χ4n) is 3.75. The standard InChI is InChI=1S/C19H26ClFN4O3S2/c1-12-11-29-19(22-12)24-30(27,28)18-9-13(20)16(10-14(18)21)23-15-5-3-4-6-17(15)25(2)7-8-26/h9-11,15,17,23,26H,3-8H2,1-2H3,(H,22,24)/t15-,17-/m0/s1. The Bertz CT molecular complexity index is 986. The molecule has 0 spiro atoms. The fraction of sp³-hybridized carbons (Fsp3) is 0.526. The number of nitrogens with zero attached hydrogens (tertiary/aromatic N) is 2. The summed E-state index contributed by atoms with van der Waals surface area (Å²) in [5, 5.41) is 14.5. The van der Waals surface area contributed by atoms with Gasteiger partial charge in [0.1, 0.15) is 10.7 Å². The molecular weight excluding hydrogens is 451 g/mol. The zero-order chi connectivity index (χ0) is 21.9. The highest BCUT2D eigenvalue weighted by Crippen LogP contribution is 2.33. The van der Waals surface area contributed by atoms with Crippen molar-refractivity contribution >= 4 is 43.8 Å². The third-order valence-electron chi connectivity index (χ3n) is 5.24. The number of aryl methyl sites for hydroxylation is 1. The Kier molecular flexibility index (Phi) is 7.56. The number of halogens is 2. The number of aliphatic hydroxyl groups excluding tert-OH is 1. The van der Waals surface area contributed by atoms with Crippen LogP contribution in [0.3, 0.4) is 0 Å². The molecule has 0 bridgehead atoms. The van der Waals surface area contributed by atoms with Gasteiger partial charge in [-0.3, -0.25) is 9.62 Å². The van der Waals surface area contributed by atoms with Gasteiger partial charge in [0.2, 0.25) is 0 Å². The molecule has 0 unspecified atom stereocenters. The van der Waals surface area contributed by atoms with E-state index in [1.165, 1.54) is 0 Å². The maximum Gasteiger partial charge on any atom is 0.266 e. The first-order valence-corrected chi connectivity index (χ1v) is 12.5. The van der Waals surface area contributed by atoms with Crippen LogP contribution in [-0.4, -0.2) is 55.7 Å². The van der Waals surface area contributed by atoms with Crippen LogP contribution in [0.2, 0.25) is 5.02 Å². The van der Waals surface area contributed by atoms with E-state index >= 15 is 0 Å². The van der Waals surface area contributed by atoms with Crippen molar-refractivity contribution in [3.8, 4) is 0 Å². The van der Waals surface area contributed by atoms with Crippen LogP contribution in [0.15, 0.2) is 22.4 Å². The number of hydrogen-bond acceptors (Lipinski definition) is 7. The number of benzene rings is 1. The monoisotopic (exact) mass is 476 g/mol. The molecule has 1 aliphatic carbocycles. The summed E-state index contributed by atoms with van der Waals surface area (Å²) in [7, 11) is -2.21. The van der Waals surface area contributed by atoms with Gasteiger partial charge in [-0.2, -0.15) is 0 Å². The second kappa shape index (κ2) is 9.78. The molecule has 166 valence electrons. The Morgan fingerprint density at radius 2 is 2.10 bits per heavy atom. The highest BCUT2D eigenvalue weighted by molar-refractivity contribution is 7.93. The smallest absolute Gasteiger partial charge is 0.266 e. The van der Waals surface area contributed by atoms with Gasteiger partial charge in [-0.25, -0.2) is 17.8 Å². The Morgan fingerprint density at radius 3 is 2.77 bits per heavy atom. The van der Waals surface area contributed by atoms with Gasteiger partial charge in [-0.15, -0.1) is 11.3 Å². The van der Waals surface area contributed by atoms with Crippen molar-refractivity contribution in [2.24, 2.45) is 0 Å². The molecule has 11 heteroatoms. The number of sulfonamides is 1. The van der Waals surface area contributed by atoms with E-state index in [9.17, 15) is 17.9 Å². The van der Waals surface area contributed by atoms with E-state index in [4.69, 9.17) is 11.6 Å². The summed E-state index contributed by atoms with van der Waals surface area (Å²) in [5.41, 5.74) is 1.02. The average Bonchev–Trinajstić information content (AvgIpc) is 3.08. The molecule has 3 N–H and O–H groups in total. The zero-order valence-electron chi connectivity index (χ0n) is 16.9. The van der Waals surface area contributed by atoms with E-state index in [1.54, 1.807) is 12.3 Å². The highest BCUT2D eigenvalue weighted by Gasteiger charge is 2.29. The molecule has 7 nitrogen and oxygen atoms in total. The van der Waals surface area contributed by atoms with Crippen molar-refractivity contribution in [2.45, 2.75) is 49.6 Å². The molecule has 0 aliphatic heterocycles. The molecule has 1 saturated carbocycles. The van der Waals surface area contributed by atoms with Crippen molar-refractivity contribution in [3.05, 3.63) is 34.0 Å². The molecule has 1 aliphatic rings. The molecule has 2 atom stereocenters. The van der Waals surface area contributed by atoms with Gasteiger partial charge >= 0.3 is 0 Å². The number of rotatable bonds is 8. The van der Waals surface area contributed by atoms with Crippen LogP contribution in [-0.2, 0) is 10.0 Å². The Morgan fingerprint density at radius 1 is 1.37 bits per heavy atom. The normalized spacial score (nSPS) is 19.8. The van der Waals surface area contributed by atoms with Crippen LogP contribution < -0.4 is 10.0 Å². The fourth-order valence-corrected chi connectivity index (χ4v) is 6.06. The lowest BCUT2D eigenvalue weighted by Gasteiger charge is -2.38. The SMILES string of the molecule is Cc1csc(NS(=O)(=O)c2cc(Cl)c(N[C@H]3CCCC[C@@H]3N(C)CCO)cc2F)n1. The van der Waals surface area contributed by atoms with Crippen LogP contribution >= 0.6 is 22.9 Å². The van der Waals surface area contributed by atoms with E-state index < -0.39 is 20.7 Å². The quantitative estimate of drug-likeness (QED) is 0.538. The molecule has 1 aromatic heterocycles. The van der Waals surface area contributed by atoms with E-state index in [0.717, 1.165) is 49.2 Å². The third-order valence-corrected chi connectivity index (χ3v) is 7.91. The second-order valence-electron chi connectivity index (χ2n) is 7.47. The summed E-state index contributed by atoms with van der Waals surface area (Å²) in [4.78, 5) is 5.60. The van der Waals surface area contributed by atoms with Crippen molar-refractivity contribution in [3.63, 3.8) is 0 Å². The molecule has 0 radical (unpaired) electrons. The van der Waals surface area contributed by atoms with E-state index in [-0.39, 0.29) is 28.8 Å². The number of aromatic nitrogens is 1. The summed E-state index contributed by atoms with van der Waals surface area (Å²) >= 11 is 7.46. The minimum absolute atomic E-state index is 0.0195. The van der Waals surface area contributed by atoms with Crippen molar-refractivity contribution in [2.75, 3.05) is 30.2 Å². The average molecular weight is 477 g/mol. The van der Waals surface area contributed by atoms with Gasteiger partial charge in [0.05, 0.1) is 23.0 Å². The molecule has 2 aromatic rings. The zero-order valence-corrected chi connectivity index (χ0v) is 19.2. The lowest BCUT2D eigenvalue weighted by molar-refractivity contribution is 0.143. The molecule has 1 aromatic carbocycles. The number of aliphatic hydroxyl groups is 1. The van der Waals surface area contributed by atoms with Crippen LogP contribution in [0.25, 0.3) is 0 Å². The molecular formula is C19H26ClFN4O3S2.